The van der Waals surface area contributed by atoms with Gasteiger partial charge in [-0.25, -0.2) is 0 Å². The molecule has 0 saturated heterocycles. The standard InChI is InChI=1S/C17H27NO3/c1-5-18-14-11-16(17(14)20-10-9-19-4)21-15-8-6-7-12(2)13(15)3/h6-8,14,16-18H,5,9-11H2,1-4H3. The van der Waals surface area contributed by atoms with Crippen LogP contribution in [0.1, 0.15) is 24.5 Å². The molecule has 21 heavy (non-hydrogen) atoms. The molecule has 1 aromatic rings. The molecule has 4 heteroatoms. The molecule has 1 aliphatic carbocycles. The lowest BCUT2D eigenvalue weighted by atomic mass is 9.85. The molecule has 0 radical (unpaired) electrons. The van der Waals surface area contributed by atoms with Crippen LogP contribution in [-0.4, -0.2) is 45.1 Å². The van der Waals surface area contributed by atoms with Crippen molar-refractivity contribution < 1.29 is 14.2 Å². The van der Waals surface area contributed by atoms with Crippen LogP contribution in [0.3, 0.4) is 0 Å². The maximum atomic E-state index is 6.18. The van der Waals surface area contributed by atoms with Crippen LogP contribution in [0.5, 0.6) is 5.75 Å². The molecule has 118 valence electrons. The third-order valence-corrected chi connectivity index (χ3v) is 4.15. The van der Waals surface area contributed by atoms with Gasteiger partial charge in [0.25, 0.3) is 0 Å². The van der Waals surface area contributed by atoms with Crippen molar-refractivity contribution in [2.75, 3.05) is 26.9 Å². The summed E-state index contributed by atoms with van der Waals surface area (Å²) in [5, 5.41) is 3.45. The van der Waals surface area contributed by atoms with Crippen LogP contribution in [0.15, 0.2) is 18.2 Å². The fourth-order valence-electron chi connectivity index (χ4n) is 2.66. The van der Waals surface area contributed by atoms with Crippen molar-refractivity contribution in [3.63, 3.8) is 0 Å². The normalized spacial score (nSPS) is 24.7. The molecule has 0 spiro atoms. The Morgan fingerprint density at radius 3 is 2.76 bits per heavy atom. The van der Waals surface area contributed by atoms with Crippen LogP contribution in [0.25, 0.3) is 0 Å². The first kappa shape index (κ1) is 16.3. The molecule has 1 aliphatic rings. The minimum atomic E-state index is 0.0972. The van der Waals surface area contributed by atoms with Crippen molar-refractivity contribution in [1.29, 1.82) is 0 Å². The van der Waals surface area contributed by atoms with Crippen molar-refractivity contribution in [2.45, 2.75) is 45.4 Å². The number of hydrogen-bond donors (Lipinski definition) is 1. The largest absolute Gasteiger partial charge is 0.487 e. The Labute approximate surface area is 127 Å². The number of aryl methyl sites for hydroxylation is 1. The van der Waals surface area contributed by atoms with E-state index in [1.54, 1.807) is 7.11 Å². The highest BCUT2D eigenvalue weighted by Gasteiger charge is 2.43. The van der Waals surface area contributed by atoms with E-state index in [9.17, 15) is 0 Å². The van der Waals surface area contributed by atoms with Crippen molar-refractivity contribution in [2.24, 2.45) is 0 Å². The Kier molecular flexibility index (Phi) is 6.03. The fraction of sp³-hybridized carbons (Fsp3) is 0.647. The van der Waals surface area contributed by atoms with Gasteiger partial charge in [-0.3, -0.25) is 0 Å². The number of benzene rings is 1. The quantitative estimate of drug-likeness (QED) is 0.747. The van der Waals surface area contributed by atoms with Crippen molar-refractivity contribution >= 4 is 0 Å². The molecule has 3 atom stereocenters. The van der Waals surface area contributed by atoms with Gasteiger partial charge in [-0.1, -0.05) is 19.1 Å². The van der Waals surface area contributed by atoms with Gasteiger partial charge in [0.1, 0.15) is 18.0 Å². The summed E-state index contributed by atoms with van der Waals surface area (Å²) < 4.78 is 17.2. The zero-order valence-electron chi connectivity index (χ0n) is 13.5. The van der Waals surface area contributed by atoms with Crippen LogP contribution in [0, 0.1) is 13.8 Å². The number of rotatable bonds is 8. The Morgan fingerprint density at radius 1 is 1.24 bits per heavy atom. The highest BCUT2D eigenvalue weighted by atomic mass is 16.6. The molecule has 3 unspecified atom stereocenters. The molecule has 1 aromatic carbocycles. The lowest BCUT2D eigenvalue weighted by Gasteiger charge is -2.44. The summed E-state index contributed by atoms with van der Waals surface area (Å²) in [6.07, 6.45) is 1.20. The minimum Gasteiger partial charge on any atom is -0.487 e. The second-order valence-corrected chi connectivity index (χ2v) is 5.58. The Balaban J connectivity index is 1.96. The fourth-order valence-corrected chi connectivity index (χ4v) is 2.66. The minimum absolute atomic E-state index is 0.0972. The predicted octanol–water partition coefficient (Wildman–Crippen LogP) is 2.46. The van der Waals surface area contributed by atoms with Gasteiger partial charge in [0.2, 0.25) is 0 Å². The second-order valence-electron chi connectivity index (χ2n) is 5.58. The SMILES string of the molecule is CCNC1CC(Oc2cccc(C)c2C)C1OCCOC. The van der Waals surface area contributed by atoms with Crippen LogP contribution < -0.4 is 10.1 Å². The Morgan fingerprint density at radius 2 is 2.05 bits per heavy atom. The average molecular weight is 293 g/mol. The number of methoxy groups -OCH3 is 1. The lowest BCUT2D eigenvalue weighted by molar-refractivity contribution is -0.115. The van der Waals surface area contributed by atoms with E-state index >= 15 is 0 Å². The molecule has 1 saturated carbocycles. The summed E-state index contributed by atoms with van der Waals surface area (Å²) in [4.78, 5) is 0. The van der Waals surface area contributed by atoms with Gasteiger partial charge in [-0.05, 0) is 37.6 Å². The first-order valence-electron chi connectivity index (χ1n) is 7.74. The summed E-state index contributed by atoms with van der Waals surface area (Å²) in [5.41, 5.74) is 2.46. The average Bonchev–Trinajstić information content (AvgIpc) is 2.46. The number of nitrogens with one attached hydrogen (secondary N) is 1. The summed E-state index contributed by atoms with van der Waals surface area (Å²) in [6, 6.07) is 6.56. The predicted molar refractivity (Wildman–Crippen MR) is 84.0 cm³/mol. The van der Waals surface area contributed by atoms with Crippen molar-refractivity contribution in [3.05, 3.63) is 29.3 Å². The van der Waals surface area contributed by atoms with Gasteiger partial charge in [0.05, 0.1) is 13.2 Å². The smallest absolute Gasteiger partial charge is 0.128 e. The molecule has 0 aliphatic heterocycles. The Hall–Kier alpha value is -1.10. The van der Waals surface area contributed by atoms with Crippen LogP contribution >= 0.6 is 0 Å². The molecule has 0 bridgehead atoms. The van der Waals surface area contributed by atoms with Crippen LogP contribution in [0.2, 0.25) is 0 Å². The molecular formula is C17H27NO3. The molecule has 1 fully saturated rings. The maximum Gasteiger partial charge on any atom is 0.128 e. The third-order valence-electron chi connectivity index (χ3n) is 4.15. The van der Waals surface area contributed by atoms with E-state index < -0.39 is 0 Å². The topological polar surface area (TPSA) is 39.7 Å². The van der Waals surface area contributed by atoms with Gasteiger partial charge < -0.3 is 19.5 Å². The highest BCUT2D eigenvalue weighted by Crippen LogP contribution is 2.31. The maximum absolute atomic E-state index is 6.18. The molecular weight excluding hydrogens is 266 g/mol. The van der Waals surface area contributed by atoms with Crippen molar-refractivity contribution in [1.82, 2.24) is 5.32 Å². The zero-order chi connectivity index (χ0) is 15.2. The van der Waals surface area contributed by atoms with Gasteiger partial charge in [-0.2, -0.15) is 0 Å². The Bertz CT molecular complexity index is 450. The molecule has 1 N–H and O–H groups in total. The molecule has 2 rings (SSSR count). The first-order chi connectivity index (χ1) is 10.2. The van der Waals surface area contributed by atoms with Gasteiger partial charge >= 0.3 is 0 Å². The summed E-state index contributed by atoms with van der Waals surface area (Å²) in [6.45, 7) is 8.50. The first-order valence-corrected chi connectivity index (χ1v) is 7.74. The summed E-state index contributed by atoms with van der Waals surface area (Å²) in [7, 11) is 1.69. The van der Waals surface area contributed by atoms with E-state index in [2.05, 4.69) is 32.2 Å². The van der Waals surface area contributed by atoms with E-state index in [1.165, 1.54) is 11.1 Å². The van der Waals surface area contributed by atoms with E-state index in [-0.39, 0.29) is 12.2 Å². The van der Waals surface area contributed by atoms with E-state index in [0.29, 0.717) is 19.3 Å². The number of likely N-dealkylation sites (N-methyl/N-ethyl adjacent to an activating group) is 1. The van der Waals surface area contributed by atoms with Gasteiger partial charge in [0.15, 0.2) is 0 Å². The lowest BCUT2D eigenvalue weighted by Crippen LogP contribution is -2.61. The van der Waals surface area contributed by atoms with E-state index in [1.807, 2.05) is 12.1 Å². The van der Waals surface area contributed by atoms with Crippen LogP contribution in [-0.2, 0) is 9.47 Å². The molecule has 0 amide bonds. The number of ether oxygens (including phenoxy) is 3. The molecule has 0 heterocycles. The zero-order valence-corrected chi connectivity index (χ0v) is 13.5. The van der Waals surface area contributed by atoms with E-state index in [4.69, 9.17) is 14.2 Å². The van der Waals surface area contributed by atoms with Gasteiger partial charge in [-0.15, -0.1) is 0 Å². The van der Waals surface area contributed by atoms with E-state index in [0.717, 1.165) is 18.7 Å². The third kappa shape index (κ3) is 3.96. The number of hydrogen-bond acceptors (Lipinski definition) is 4. The second kappa shape index (κ2) is 7.78. The van der Waals surface area contributed by atoms with Crippen LogP contribution in [0.4, 0.5) is 0 Å². The molecule has 4 nitrogen and oxygen atoms in total. The summed E-state index contributed by atoms with van der Waals surface area (Å²) in [5.74, 6) is 0.968. The van der Waals surface area contributed by atoms with Gasteiger partial charge in [0, 0.05) is 19.6 Å². The monoisotopic (exact) mass is 293 g/mol. The molecule has 0 aromatic heterocycles. The summed E-state index contributed by atoms with van der Waals surface area (Å²) >= 11 is 0. The van der Waals surface area contributed by atoms with Crippen molar-refractivity contribution in [3.8, 4) is 5.75 Å². The highest BCUT2D eigenvalue weighted by molar-refractivity contribution is 5.38.